The number of nitrogens with zero attached hydrogens (tertiary/aromatic N) is 2. The van der Waals surface area contributed by atoms with E-state index in [4.69, 9.17) is 5.11 Å². The van der Waals surface area contributed by atoms with Crippen molar-refractivity contribution >= 4 is 11.8 Å². The third-order valence-electron chi connectivity index (χ3n) is 4.64. The monoisotopic (exact) mass is 318 g/mol. The van der Waals surface area contributed by atoms with Gasteiger partial charge >= 0.3 is 0 Å². The van der Waals surface area contributed by atoms with Gasteiger partial charge in [-0.25, -0.2) is 0 Å². The van der Waals surface area contributed by atoms with Crippen molar-refractivity contribution in [2.45, 2.75) is 32.1 Å². The molecule has 0 aliphatic carbocycles. The maximum Gasteiger partial charge on any atom is 0.248 e. The van der Waals surface area contributed by atoms with E-state index in [1.54, 1.807) is 4.90 Å². The van der Waals surface area contributed by atoms with Crippen LogP contribution in [0.3, 0.4) is 0 Å². The van der Waals surface area contributed by atoms with E-state index in [-0.39, 0.29) is 17.2 Å². The Hall–Kier alpha value is -1.88. The van der Waals surface area contributed by atoms with E-state index >= 15 is 0 Å². The zero-order valence-electron chi connectivity index (χ0n) is 14.0. The summed E-state index contributed by atoms with van der Waals surface area (Å²) in [7, 11) is 0. The van der Waals surface area contributed by atoms with Crippen molar-refractivity contribution in [1.29, 1.82) is 0 Å². The summed E-state index contributed by atoms with van der Waals surface area (Å²) in [6, 6.07) is 10.2. The molecule has 23 heavy (non-hydrogen) atoms. The summed E-state index contributed by atoms with van der Waals surface area (Å²) in [5.74, 6) is -0.118. The average Bonchev–Trinajstić information content (AvgIpc) is 2.60. The molecular weight excluding hydrogens is 292 g/mol. The molecule has 1 aromatic carbocycles. The molecule has 126 valence electrons. The van der Waals surface area contributed by atoms with Gasteiger partial charge in [-0.15, -0.1) is 0 Å². The summed E-state index contributed by atoms with van der Waals surface area (Å²) in [4.78, 5) is 27.3. The molecule has 0 unspecified atom stereocenters. The van der Waals surface area contributed by atoms with Gasteiger partial charge in [-0.2, -0.15) is 0 Å². The molecule has 0 spiro atoms. The first-order valence-corrected chi connectivity index (χ1v) is 8.16. The molecule has 1 saturated heterocycles. The van der Waals surface area contributed by atoms with Crippen molar-refractivity contribution in [3.8, 4) is 0 Å². The van der Waals surface area contributed by atoms with Crippen LogP contribution in [-0.2, 0) is 15.0 Å². The molecule has 0 aromatic heterocycles. The van der Waals surface area contributed by atoms with E-state index in [1.165, 1.54) is 5.56 Å². The molecule has 5 heteroatoms. The van der Waals surface area contributed by atoms with Crippen LogP contribution in [0.4, 0.5) is 0 Å². The summed E-state index contributed by atoms with van der Waals surface area (Å²) >= 11 is 0. The van der Waals surface area contributed by atoms with Gasteiger partial charge in [-0.3, -0.25) is 9.59 Å². The predicted molar refractivity (Wildman–Crippen MR) is 88.9 cm³/mol. The second-order valence-electron chi connectivity index (χ2n) is 6.67. The average molecular weight is 318 g/mol. The van der Waals surface area contributed by atoms with Crippen LogP contribution in [0.25, 0.3) is 0 Å². The maximum absolute atomic E-state index is 12.4. The molecule has 0 atom stereocenters. The Bertz CT molecular complexity index is 534. The third kappa shape index (κ3) is 4.55. The first-order valence-electron chi connectivity index (χ1n) is 8.16. The maximum atomic E-state index is 12.4. The molecule has 1 N–H and O–H groups in total. The third-order valence-corrected chi connectivity index (χ3v) is 4.64. The smallest absolute Gasteiger partial charge is 0.248 e. The quantitative estimate of drug-likeness (QED) is 0.893. The van der Waals surface area contributed by atoms with Crippen LogP contribution in [0.15, 0.2) is 30.3 Å². The number of rotatable bonds is 5. The summed E-state index contributed by atoms with van der Waals surface area (Å²) in [5, 5.41) is 8.87. The van der Waals surface area contributed by atoms with Gasteiger partial charge in [-0.1, -0.05) is 44.2 Å². The molecule has 1 fully saturated rings. The molecule has 0 saturated carbocycles. The van der Waals surface area contributed by atoms with E-state index in [0.29, 0.717) is 32.6 Å². The second kappa shape index (κ2) is 7.59. The molecule has 1 heterocycles. The van der Waals surface area contributed by atoms with Crippen LogP contribution in [-0.4, -0.2) is 59.5 Å². The molecule has 5 nitrogen and oxygen atoms in total. The summed E-state index contributed by atoms with van der Waals surface area (Å²) < 4.78 is 0. The second-order valence-corrected chi connectivity index (χ2v) is 6.67. The van der Waals surface area contributed by atoms with Gasteiger partial charge in [-0.05, 0) is 17.4 Å². The number of carbonyl (C=O) groups is 2. The highest BCUT2D eigenvalue weighted by Crippen LogP contribution is 2.28. The largest absolute Gasteiger partial charge is 0.387 e. The fraction of sp³-hybridized carbons (Fsp3) is 0.556. The lowest BCUT2D eigenvalue weighted by atomic mass is 9.80. The number of aliphatic hydroxyl groups is 1. The number of aliphatic hydroxyl groups excluding tert-OH is 1. The minimum atomic E-state index is -0.459. The number of carbonyl (C=O) groups excluding carboxylic acids is 2. The van der Waals surface area contributed by atoms with E-state index in [9.17, 15) is 9.59 Å². The number of benzene rings is 1. The zero-order chi connectivity index (χ0) is 16.9. The topological polar surface area (TPSA) is 60.9 Å². The number of hydrogen-bond acceptors (Lipinski definition) is 3. The van der Waals surface area contributed by atoms with E-state index < -0.39 is 6.61 Å². The minimum Gasteiger partial charge on any atom is -0.387 e. The Labute approximate surface area is 137 Å². The van der Waals surface area contributed by atoms with Crippen LogP contribution in [0.5, 0.6) is 0 Å². The first-order chi connectivity index (χ1) is 10.9. The number of hydrogen-bond donors (Lipinski definition) is 1. The Morgan fingerprint density at radius 2 is 1.52 bits per heavy atom. The lowest BCUT2D eigenvalue weighted by Gasteiger charge is -2.35. The van der Waals surface area contributed by atoms with Crippen molar-refractivity contribution in [2.75, 3.05) is 32.8 Å². The normalized spacial score (nSPS) is 15.6. The summed E-state index contributed by atoms with van der Waals surface area (Å²) in [6.07, 6.45) is 1.31. The molecule has 1 aliphatic heterocycles. The Balaban J connectivity index is 1.83. The fourth-order valence-electron chi connectivity index (χ4n) is 2.92. The van der Waals surface area contributed by atoms with Crippen LogP contribution in [0.2, 0.25) is 0 Å². The van der Waals surface area contributed by atoms with Crippen LogP contribution < -0.4 is 0 Å². The van der Waals surface area contributed by atoms with Crippen LogP contribution in [0.1, 0.15) is 32.3 Å². The van der Waals surface area contributed by atoms with E-state index in [1.807, 2.05) is 23.1 Å². The standard InChI is InChI=1S/C18H26N2O3/c1-18(2,15-6-4-3-5-7-15)9-8-16(22)19-10-12-20(13-11-19)17(23)14-21/h3-7,21H,8-14H2,1-2H3. The fourth-order valence-corrected chi connectivity index (χ4v) is 2.92. The minimum absolute atomic E-state index is 0.0361. The molecular formula is C18H26N2O3. The lowest BCUT2D eigenvalue weighted by molar-refractivity contribution is -0.141. The van der Waals surface area contributed by atoms with Gasteiger partial charge in [0.1, 0.15) is 6.61 Å². The number of piperazine rings is 1. The van der Waals surface area contributed by atoms with Gasteiger partial charge in [0.15, 0.2) is 0 Å². The van der Waals surface area contributed by atoms with Crippen LogP contribution >= 0.6 is 0 Å². The molecule has 1 aromatic rings. The van der Waals surface area contributed by atoms with Crippen molar-refractivity contribution in [2.24, 2.45) is 0 Å². The van der Waals surface area contributed by atoms with Gasteiger partial charge in [0.05, 0.1) is 0 Å². The summed E-state index contributed by atoms with van der Waals surface area (Å²) in [5.41, 5.74) is 1.21. The lowest BCUT2D eigenvalue weighted by Crippen LogP contribution is -2.51. The Morgan fingerprint density at radius 3 is 2.04 bits per heavy atom. The Kier molecular flexibility index (Phi) is 5.77. The van der Waals surface area contributed by atoms with Gasteiger partial charge < -0.3 is 14.9 Å². The van der Waals surface area contributed by atoms with Crippen LogP contribution in [0, 0.1) is 0 Å². The molecule has 2 amide bonds. The SMILES string of the molecule is CC(C)(CCC(=O)N1CCN(C(=O)CO)CC1)c1ccccc1. The van der Waals surface area contributed by atoms with Crippen molar-refractivity contribution in [3.63, 3.8) is 0 Å². The van der Waals surface area contributed by atoms with Gasteiger partial charge in [0.25, 0.3) is 0 Å². The van der Waals surface area contributed by atoms with E-state index in [2.05, 4.69) is 26.0 Å². The molecule has 1 aliphatic rings. The highest BCUT2D eigenvalue weighted by molar-refractivity contribution is 5.79. The molecule has 0 radical (unpaired) electrons. The number of amides is 2. The molecule has 2 rings (SSSR count). The Morgan fingerprint density at radius 1 is 1.00 bits per heavy atom. The van der Waals surface area contributed by atoms with E-state index in [0.717, 1.165) is 6.42 Å². The molecule has 0 bridgehead atoms. The predicted octanol–water partition coefficient (Wildman–Crippen LogP) is 1.41. The van der Waals surface area contributed by atoms with Crippen molar-refractivity contribution in [3.05, 3.63) is 35.9 Å². The zero-order valence-corrected chi connectivity index (χ0v) is 14.0. The van der Waals surface area contributed by atoms with Gasteiger partial charge in [0, 0.05) is 32.6 Å². The highest BCUT2D eigenvalue weighted by Gasteiger charge is 2.26. The van der Waals surface area contributed by atoms with Crippen molar-refractivity contribution in [1.82, 2.24) is 9.80 Å². The summed E-state index contributed by atoms with van der Waals surface area (Å²) in [6.45, 7) is 5.98. The highest BCUT2D eigenvalue weighted by atomic mass is 16.3. The van der Waals surface area contributed by atoms with Gasteiger partial charge in [0.2, 0.25) is 11.8 Å². The van der Waals surface area contributed by atoms with Crippen molar-refractivity contribution < 1.29 is 14.7 Å². The first kappa shape index (κ1) is 17.5.